The molecule has 0 heterocycles. The first kappa shape index (κ1) is 11.0. The maximum absolute atomic E-state index is 11.5. The highest BCUT2D eigenvalue weighted by Gasteiger charge is 2.14. The summed E-state index contributed by atoms with van der Waals surface area (Å²) in [5.41, 5.74) is 2.21. The van der Waals surface area contributed by atoms with Gasteiger partial charge in [-0.2, -0.15) is 0 Å². The van der Waals surface area contributed by atoms with Gasteiger partial charge < -0.3 is 4.74 Å². The average molecular weight is 194 g/mol. The number of hydrogen-bond acceptors (Lipinski definition) is 2. The van der Waals surface area contributed by atoms with Gasteiger partial charge >= 0.3 is 5.97 Å². The molecule has 0 aromatic heterocycles. The van der Waals surface area contributed by atoms with Crippen molar-refractivity contribution in [2.24, 2.45) is 0 Å². The van der Waals surface area contributed by atoms with E-state index in [2.05, 4.69) is 6.92 Å². The molecular formula is C12H18O2. The van der Waals surface area contributed by atoms with Gasteiger partial charge in [0.05, 0.1) is 6.10 Å². The summed E-state index contributed by atoms with van der Waals surface area (Å²) in [7, 11) is 0. The number of allylic oxidation sites excluding steroid dienone is 3. The lowest BCUT2D eigenvalue weighted by Crippen LogP contribution is -2.14. The molecule has 0 aromatic carbocycles. The van der Waals surface area contributed by atoms with Gasteiger partial charge in [0.25, 0.3) is 0 Å². The molecule has 2 heteroatoms. The summed E-state index contributed by atoms with van der Waals surface area (Å²) in [5.74, 6) is -0.161. The van der Waals surface area contributed by atoms with Crippen molar-refractivity contribution in [3.63, 3.8) is 0 Å². The topological polar surface area (TPSA) is 26.3 Å². The molecule has 0 bridgehead atoms. The highest BCUT2D eigenvalue weighted by Crippen LogP contribution is 2.21. The third kappa shape index (κ3) is 3.02. The molecular weight excluding hydrogens is 176 g/mol. The van der Waals surface area contributed by atoms with E-state index in [0.29, 0.717) is 0 Å². The summed E-state index contributed by atoms with van der Waals surface area (Å²) in [5, 5.41) is 0. The Morgan fingerprint density at radius 1 is 1.43 bits per heavy atom. The molecule has 0 atom stereocenters. The van der Waals surface area contributed by atoms with E-state index < -0.39 is 0 Å². The van der Waals surface area contributed by atoms with Crippen LogP contribution in [0.15, 0.2) is 23.3 Å². The molecule has 0 unspecified atom stereocenters. The third-order valence-electron chi connectivity index (χ3n) is 2.29. The van der Waals surface area contributed by atoms with E-state index in [1.165, 1.54) is 5.57 Å². The molecule has 1 aliphatic carbocycles. The van der Waals surface area contributed by atoms with Crippen molar-refractivity contribution in [2.75, 3.05) is 0 Å². The number of esters is 1. The zero-order valence-corrected chi connectivity index (χ0v) is 9.17. The number of hydrogen-bond donors (Lipinski definition) is 0. The Balaban J connectivity index is 2.58. The van der Waals surface area contributed by atoms with Gasteiger partial charge in [-0.15, -0.1) is 0 Å². The predicted octanol–water partition coefficient (Wildman–Crippen LogP) is 2.99. The molecule has 0 fully saturated rings. The first-order chi connectivity index (χ1) is 6.63. The van der Waals surface area contributed by atoms with Crippen LogP contribution in [0.1, 0.15) is 40.0 Å². The molecule has 0 saturated carbocycles. The number of ether oxygens (including phenoxy) is 1. The summed E-state index contributed by atoms with van der Waals surface area (Å²) < 4.78 is 5.12. The van der Waals surface area contributed by atoms with E-state index in [0.717, 1.165) is 24.8 Å². The summed E-state index contributed by atoms with van der Waals surface area (Å²) >= 11 is 0. The molecule has 0 spiro atoms. The SMILES string of the molecule is CCC1=CC=C(C(=O)OC(C)C)CC1. The van der Waals surface area contributed by atoms with Crippen molar-refractivity contribution < 1.29 is 9.53 Å². The largest absolute Gasteiger partial charge is 0.460 e. The van der Waals surface area contributed by atoms with Crippen LogP contribution in [0.25, 0.3) is 0 Å². The van der Waals surface area contributed by atoms with Gasteiger partial charge in [0.1, 0.15) is 0 Å². The fourth-order valence-electron chi connectivity index (χ4n) is 1.43. The molecule has 78 valence electrons. The molecule has 2 nitrogen and oxygen atoms in total. The Morgan fingerprint density at radius 3 is 2.57 bits per heavy atom. The summed E-state index contributed by atoms with van der Waals surface area (Å²) in [6.07, 6.45) is 6.80. The van der Waals surface area contributed by atoms with Gasteiger partial charge in [0.15, 0.2) is 0 Å². The number of rotatable bonds is 3. The normalized spacial score (nSPS) is 16.3. The Kier molecular flexibility index (Phi) is 3.93. The molecule has 0 saturated heterocycles. The van der Waals surface area contributed by atoms with E-state index in [9.17, 15) is 4.79 Å². The van der Waals surface area contributed by atoms with Crippen molar-refractivity contribution in [3.8, 4) is 0 Å². The lowest BCUT2D eigenvalue weighted by atomic mass is 9.97. The van der Waals surface area contributed by atoms with Crippen LogP contribution in [-0.2, 0) is 9.53 Å². The number of carbonyl (C=O) groups is 1. The zero-order chi connectivity index (χ0) is 10.6. The van der Waals surface area contributed by atoms with Crippen LogP contribution in [0.3, 0.4) is 0 Å². The second-order valence-electron chi connectivity index (χ2n) is 3.82. The third-order valence-corrected chi connectivity index (χ3v) is 2.29. The second-order valence-corrected chi connectivity index (χ2v) is 3.82. The monoisotopic (exact) mass is 194 g/mol. The predicted molar refractivity (Wildman–Crippen MR) is 56.9 cm³/mol. The molecule has 1 rings (SSSR count). The lowest BCUT2D eigenvalue weighted by molar-refractivity contribution is -0.142. The van der Waals surface area contributed by atoms with Gasteiger partial charge in [-0.1, -0.05) is 24.6 Å². The van der Waals surface area contributed by atoms with Crippen molar-refractivity contribution in [1.29, 1.82) is 0 Å². The molecule has 1 aliphatic rings. The first-order valence-electron chi connectivity index (χ1n) is 5.23. The van der Waals surface area contributed by atoms with Gasteiger partial charge in [-0.25, -0.2) is 4.79 Å². The van der Waals surface area contributed by atoms with Crippen LogP contribution >= 0.6 is 0 Å². The fourth-order valence-corrected chi connectivity index (χ4v) is 1.43. The van der Waals surface area contributed by atoms with Crippen LogP contribution in [0.2, 0.25) is 0 Å². The van der Waals surface area contributed by atoms with Crippen molar-refractivity contribution in [2.45, 2.75) is 46.1 Å². The minimum absolute atomic E-state index is 0.0278. The maximum Gasteiger partial charge on any atom is 0.334 e. The van der Waals surface area contributed by atoms with Crippen molar-refractivity contribution in [1.82, 2.24) is 0 Å². The number of carbonyl (C=O) groups excluding carboxylic acids is 1. The van der Waals surface area contributed by atoms with Crippen LogP contribution in [0, 0.1) is 0 Å². The summed E-state index contributed by atoms with van der Waals surface area (Å²) in [6.45, 7) is 5.88. The van der Waals surface area contributed by atoms with Crippen LogP contribution in [0.5, 0.6) is 0 Å². The minimum atomic E-state index is -0.161. The Bertz CT molecular complexity index is 272. The van der Waals surface area contributed by atoms with Crippen LogP contribution in [0.4, 0.5) is 0 Å². The molecule has 0 radical (unpaired) electrons. The summed E-state index contributed by atoms with van der Waals surface area (Å²) in [6, 6.07) is 0. The van der Waals surface area contributed by atoms with Crippen molar-refractivity contribution >= 4 is 5.97 Å². The average Bonchev–Trinajstić information content (AvgIpc) is 2.17. The molecule has 0 N–H and O–H groups in total. The summed E-state index contributed by atoms with van der Waals surface area (Å²) in [4.78, 5) is 11.5. The van der Waals surface area contributed by atoms with E-state index in [1.54, 1.807) is 0 Å². The standard InChI is InChI=1S/C12H18O2/c1-4-10-5-7-11(8-6-10)12(13)14-9(2)3/h5,7,9H,4,6,8H2,1-3H3. The van der Waals surface area contributed by atoms with E-state index in [-0.39, 0.29) is 12.1 Å². The van der Waals surface area contributed by atoms with Gasteiger partial charge in [0.2, 0.25) is 0 Å². The lowest BCUT2D eigenvalue weighted by Gasteiger charge is -2.14. The fraction of sp³-hybridized carbons (Fsp3) is 0.583. The molecule has 14 heavy (non-hydrogen) atoms. The second kappa shape index (κ2) is 4.99. The molecule has 0 aliphatic heterocycles. The van der Waals surface area contributed by atoms with E-state index >= 15 is 0 Å². The minimum Gasteiger partial charge on any atom is -0.460 e. The van der Waals surface area contributed by atoms with Crippen molar-refractivity contribution in [3.05, 3.63) is 23.3 Å². The highest BCUT2D eigenvalue weighted by molar-refractivity contribution is 5.89. The Hall–Kier alpha value is -1.05. The van der Waals surface area contributed by atoms with Gasteiger partial charge in [0, 0.05) is 5.57 Å². The van der Waals surface area contributed by atoms with Gasteiger partial charge in [-0.3, -0.25) is 0 Å². The van der Waals surface area contributed by atoms with Crippen LogP contribution < -0.4 is 0 Å². The van der Waals surface area contributed by atoms with Gasteiger partial charge in [-0.05, 0) is 33.1 Å². The van der Waals surface area contributed by atoms with E-state index in [1.807, 2.05) is 26.0 Å². The molecule has 0 amide bonds. The highest BCUT2D eigenvalue weighted by atomic mass is 16.5. The Morgan fingerprint density at radius 2 is 2.14 bits per heavy atom. The zero-order valence-electron chi connectivity index (χ0n) is 9.17. The quantitative estimate of drug-likeness (QED) is 0.645. The smallest absolute Gasteiger partial charge is 0.334 e. The Labute approximate surface area is 85.6 Å². The van der Waals surface area contributed by atoms with E-state index in [4.69, 9.17) is 4.74 Å². The first-order valence-corrected chi connectivity index (χ1v) is 5.23. The van der Waals surface area contributed by atoms with Crippen LogP contribution in [-0.4, -0.2) is 12.1 Å². The molecule has 0 aromatic rings. The maximum atomic E-state index is 11.5.